The van der Waals surface area contributed by atoms with Crippen LogP contribution in [-0.4, -0.2) is 67.0 Å². The number of rotatable bonds is 7. The summed E-state index contributed by atoms with van der Waals surface area (Å²) in [6.45, 7) is 4.50. The van der Waals surface area contributed by atoms with Crippen LogP contribution in [0.25, 0.3) is 0 Å². The lowest BCUT2D eigenvalue weighted by Gasteiger charge is -2.40. The molecule has 0 spiro atoms. The Morgan fingerprint density at radius 2 is 1.67 bits per heavy atom. The van der Waals surface area contributed by atoms with Crippen LogP contribution in [0.3, 0.4) is 0 Å². The number of carbonyl (C=O) groups is 1. The zero-order chi connectivity index (χ0) is 26.5. The van der Waals surface area contributed by atoms with Crippen LogP contribution in [0.2, 0.25) is 0 Å². The van der Waals surface area contributed by atoms with Crippen LogP contribution in [-0.2, 0) is 21.0 Å². The summed E-state index contributed by atoms with van der Waals surface area (Å²) in [5, 5.41) is 9.84. The fraction of sp³-hybridized carbons (Fsp3) is 0.480. The molecule has 0 radical (unpaired) electrons. The molecule has 1 saturated heterocycles. The normalized spacial score (nSPS) is 22.7. The van der Waals surface area contributed by atoms with Crippen LogP contribution in [0.5, 0.6) is 0 Å². The third kappa shape index (κ3) is 4.89. The number of nitrogens with zero attached hydrogens (tertiary/aromatic N) is 2. The van der Waals surface area contributed by atoms with Gasteiger partial charge in [0.05, 0.1) is 4.90 Å². The lowest BCUT2D eigenvalue weighted by molar-refractivity contribution is -0.258. The standard InChI is InChI=1S/C25H30F3N3O4S/c1-17-15-30(16-24(11-12-24)20-5-3-18(4-6-20)22(29)32)13-14-31(17)36(34,35)21-9-7-19(8-10-21)23(2,33)25(26,27)28/h3-10,17,33H,11-16H2,1-2H3,(H2,29,32)/t17?,23-/m0/s1. The molecule has 2 aliphatic rings. The Bertz CT molecular complexity index is 1220. The van der Waals surface area contributed by atoms with Gasteiger partial charge >= 0.3 is 6.18 Å². The Balaban J connectivity index is 1.43. The minimum Gasteiger partial charge on any atom is -0.376 e. The summed E-state index contributed by atoms with van der Waals surface area (Å²) < 4.78 is 67.2. The molecule has 1 amide bonds. The number of sulfonamides is 1. The summed E-state index contributed by atoms with van der Waals surface area (Å²) in [5.74, 6) is -0.474. The first-order chi connectivity index (χ1) is 16.7. The Labute approximate surface area is 208 Å². The van der Waals surface area contributed by atoms with Gasteiger partial charge in [-0.15, -0.1) is 0 Å². The molecule has 3 N–H and O–H groups in total. The van der Waals surface area contributed by atoms with Crippen molar-refractivity contribution in [1.29, 1.82) is 0 Å². The first kappa shape index (κ1) is 26.6. The van der Waals surface area contributed by atoms with E-state index in [9.17, 15) is 31.5 Å². The van der Waals surface area contributed by atoms with E-state index in [4.69, 9.17) is 5.73 Å². The zero-order valence-corrected chi connectivity index (χ0v) is 20.9. The van der Waals surface area contributed by atoms with Crippen molar-refractivity contribution in [3.8, 4) is 0 Å². The summed E-state index contributed by atoms with van der Waals surface area (Å²) in [5.41, 5.74) is 3.39. The predicted molar refractivity (Wildman–Crippen MR) is 128 cm³/mol. The van der Waals surface area contributed by atoms with Gasteiger partial charge in [-0.3, -0.25) is 9.69 Å². The lowest BCUT2D eigenvalue weighted by atomic mass is 9.93. The van der Waals surface area contributed by atoms with E-state index in [2.05, 4.69) is 4.90 Å². The molecule has 0 aromatic heterocycles. The van der Waals surface area contributed by atoms with Gasteiger partial charge in [0.1, 0.15) is 0 Å². The molecule has 4 rings (SSSR count). The van der Waals surface area contributed by atoms with Crippen LogP contribution >= 0.6 is 0 Å². The van der Waals surface area contributed by atoms with E-state index < -0.39 is 33.3 Å². The maximum absolute atomic E-state index is 13.3. The molecule has 1 unspecified atom stereocenters. The molecule has 7 nitrogen and oxygen atoms in total. The fourth-order valence-electron chi connectivity index (χ4n) is 4.87. The number of amides is 1. The van der Waals surface area contributed by atoms with E-state index >= 15 is 0 Å². The molecule has 2 aromatic carbocycles. The highest BCUT2D eigenvalue weighted by molar-refractivity contribution is 7.89. The highest BCUT2D eigenvalue weighted by atomic mass is 32.2. The topological polar surface area (TPSA) is 104 Å². The van der Waals surface area contributed by atoms with E-state index in [1.54, 1.807) is 12.1 Å². The molecule has 1 aliphatic heterocycles. The van der Waals surface area contributed by atoms with Gasteiger partial charge in [-0.2, -0.15) is 17.5 Å². The average molecular weight is 526 g/mol. The first-order valence-electron chi connectivity index (χ1n) is 11.7. The van der Waals surface area contributed by atoms with Gasteiger partial charge in [0.25, 0.3) is 0 Å². The number of aliphatic hydroxyl groups is 1. The Morgan fingerprint density at radius 1 is 1.08 bits per heavy atom. The van der Waals surface area contributed by atoms with E-state index in [1.807, 2.05) is 19.1 Å². The van der Waals surface area contributed by atoms with E-state index in [0.717, 1.165) is 49.2 Å². The average Bonchev–Trinajstić information content (AvgIpc) is 3.59. The van der Waals surface area contributed by atoms with Crippen molar-refractivity contribution in [2.75, 3.05) is 26.2 Å². The summed E-state index contributed by atoms with van der Waals surface area (Å²) in [7, 11) is -3.93. The molecule has 1 aliphatic carbocycles. The van der Waals surface area contributed by atoms with Gasteiger partial charge < -0.3 is 10.8 Å². The molecule has 0 bridgehead atoms. The number of carbonyl (C=O) groups excluding carboxylic acids is 1. The molecule has 11 heteroatoms. The van der Waals surface area contributed by atoms with Crippen molar-refractivity contribution in [3.05, 3.63) is 65.2 Å². The summed E-state index contributed by atoms with van der Waals surface area (Å²) >= 11 is 0. The molecular formula is C25H30F3N3O4S. The van der Waals surface area contributed by atoms with Crippen LogP contribution in [0.4, 0.5) is 13.2 Å². The lowest BCUT2D eigenvalue weighted by Crippen LogP contribution is -2.55. The molecule has 1 heterocycles. The van der Waals surface area contributed by atoms with Crippen molar-refractivity contribution in [3.63, 3.8) is 0 Å². The Hall–Kier alpha value is -2.47. The molecule has 2 aromatic rings. The number of alkyl halides is 3. The minimum absolute atomic E-state index is 0.0256. The van der Waals surface area contributed by atoms with Crippen LogP contribution in [0, 0.1) is 0 Å². The molecule has 2 atom stereocenters. The summed E-state index contributed by atoms with van der Waals surface area (Å²) in [6, 6.07) is 11.2. The van der Waals surface area contributed by atoms with Crippen molar-refractivity contribution in [2.45, 2.75) is 54.8 Å². The van der Waals surface area contributed by atoms with Crippen molar-refractivity contribution < 1.29 is 31.5 Å². The van der Waals surface area contributed by atoms with Gasteiger partial charge in [0.2, 0.25) is 15.9 Å². The predicted octanol–water partition coefficient (Wildman–Crippen LogP) is 2.98. The highest BCUT2D eigenvalue weighted by Crippen LogP contribution is 2.49. The molecule has 1 saturated carbocycles. The molecule has 36 heavy (non-hydrogen) atoms. The van der Waals surface area contributed by atoms with Gasteiger partial charge in [-0.1, -0.05) is 24.3 Å². The fourth-order valence-corrected chi connectivity index (χ4v) is 6.49. The number of benzene rings is 2. The van der Waals surface area contributed by atoms with Gasteiger partial charge in [-0.05, 0) is 62.1 Å². The third-order valence-corrected chi connectivity index (χ3v) is 9.42. The van der Waals surface area contributed by atoms with Crippen LogP contribution < -0.4 is 5.73 Å². The maximum Gasteiger partial charge on any atom is 0.421 e. The monoisotopic (exact) mass is 525 g/mol. The van der Waals surface area contributed by atoms with Gasteiger partial charge in [0.15, 0.2) is 5.60 Å². The van der Waals surface area contributed by atoms with Gasteiger partial charge in [-0.25, -0.2) is 8.42 Å². The van der Waals surface area contributed by atoms with E-state index in [1.165, 1.54) is 4.31 Å². The van der Waals surface area contributed by atoms with E-state index in [0.29, 0.717) is 25.6 Å². The molecule has 2 fully saturated rings. The van der Waals surface area contributed by atoms with Crippen molar-refractivity contribution >= 4 is 15.9 Å². The SMILES string of the molecule is CC1CN(CC2(c3ccc(C(N)=O)cc3)CC2)CCN1S(=O)(=O)c1ccc([C@](C)(O)C(F)(F)F)cc1. The number of hydrogen-bond donors (Lipinski definition) is 2. The van der Waals surface area contributed by atoms with E-state index in [-0.39, 0.29) is 22.9 Å². The second kappa shape index (κ2) is 9.13. The van der Waals surface area contributed by atoms with Crippen molar-refractivity contribution in [2.24, 2.45) is 5.73 Å². The highest BCUT2D eigenvalue weighted by Gasteiger charge is 2.51. The van der Waals surface area contributed by atoms with Crippen molar-refractivity contribution in [1.82, 2.24) is 9.21 Å². The first-order valence-corrected chi connectivity index (χ1v) is 13.2. The Kier molecular flexibility index (Phi) is 6.74. The quantitative estimate of drug-likeness (QED) is 0.579. The number of nitrogens with two attached hydrogens (primary N) is 1. The number of hydrogen-bond acceptors (Lipinski definition) is 5. The smallest absolute Gasteiger partial charge is 0.376 e. The minimum atomic E-state index is -4.89. The van der Waals surface area contributed by atoms with Crippen LogP contribution in [0.1, 0.15) is 48.2 Å². The maximum atomic E-state index is 13.3. The molecular weight excluding hydrogens is 495 g/mol. The number of piperazine rings is 1. The van der Waals surface area contributed by atoms with Gasteiger partial charge in [0, 0.05) is 43.2 Å². The Morgan fingerprint density at radius 3 is 2.14 bits per heavy atom. The zero-order valence-electron chi connectivity index (χ0n) is 20.1. The summed E-state index contributed by atoms with van der Waals surface area (Å²) in [6.07, 6.45) is -2.88. The second-order valence-electron chi connectivity index (χ2n) is 10.0. The van der Waals surface area contributed by atoms with Crippen LogP contribution in [0.15, 0.2) is 53.4 Å². The molecule has 196 valence electrons. The summed E-state index contributed by atoms with van der Waals surface area (Å²) in [4.78, 5) is 13.5. The number of primary amides is 1. The largest absolute Gasteiger partial charge is 0.421 e. The third-order valence-electron chi connectivity index (χ3n) is 7.39. The second-order valence-corrected chi connectivity index (χ2v) is 11.9. The number of halogens is 3.